The van der Waals surface area contributed by atoms with Crippen LogP contribution in [0.1, 0.15) is 31.9 Å². The molecular formula is C19H26F2O. The maximum absolute atomic E-state index is 13.8. The maximum Gasteiger partial charge on any atom is 0.166 e. The molecule has 0 spiro atoms. The minimum Gasteiger partial charge on any atom is -0.385 e. The molecule has 0 aliphatic heterocycles. The third-order valence-corrected chi connectivity index (χ3v) is 3.00. The van der Waals surface area contributed by atoms with E-state index in [9.17, 15) is 8.78 Å². The largest absolute Gasteiger partial charge is 0.385 e. The van der Waals surface area contributed by atoms with Crippen molar-refractivity contribution < 1.29 is 13.5 Å². The van der Waals surface area contributed by atoms with E-state index in [0.717, 1.165) is 17.7 Å². The van der Waals surface area contributed by atoms with Gasteiger partial charge in [-0.2, -0.15) is 0 Å². The van der Waals surface area contributed by atoms with E-state index in [1.165, 1.54) is 0 Å². The van der Waals surface area contributed by atoms with Crippen LogP contribution in [-0.4, -0.2) is 13.7 Å². The SMILES string of the molecule is CC.CCOC.Cc1ccccc1-c1ccc(C)c(F)c1F. The molecule has 0 fully saturated rings. The third-order valence-electron chi connectivity index (χ3n) is 3.00. The van der Waals surface area contributed by atoms with Crippen LogP contribution in [0.3, 0.4) is 0 Å². The second-order valence-electron chi connectivity index (χ2n) is 4.45. The van der Waals surface area contributed by atoms with Crippen LogP contribution < -0.4 is 0 Å². The Morgan fingerprint density at radius 1 is 0.818 bits per heavy atom. The predicted octanol–water partition coefficient (Wildman–Crippen LogP) is 5.93. The van der Waals surface area contributed by atoms with Crippen LogP contribution in [0.4, 0.5) is 8.78 Å². The van der Waals surface area contributed by atoms with Crippen molar-refractivity contribution >= 4 is 0 Å². The Hall–Kier alpha value is -1.74. The quantitative estimate of drug-likeness (QED) is 0.668. The summed E-state index contributed by atoms with van der Waals surface area (Å²) in [7, 11) is 1.68. The summed E-state index contributed by atoms with van der Waals surface area (Å²) in [5.41, 5.74) is 2.32. The molecule has 0 N–H and O–H groups in total. The highest BCUT2D eigenvalue weighted by molar-refractivity contribution is 5.68. The van der Waals surface area contributed by atoms with Crippen LogP contribution in [0, 0.1) is 25.5 Å². The Morgan fingerprint density at radius 3 is 1.86 bits per heavy atom. The van der Waals surface area contributed by atoms with Crippen molar-refractivity contribution in [3.63, 3.8) is 0 Å². The first-order valence-corrected chi connectivity index (χ1v) is 7.52. The van der Waals surface area contributed by atoms with Crippen molar-refractivity contribution in [3.8, 4) is 11.1 Å². The van der Waals surface area contributed by atoms with Crippen LogP contribution >= 0.6 is 0 Å². The van der Waals surface area contributed by atoms with Gasteiger partial charge in [0.2, 0.25) is 0 Å². The van der Waals surface area contributed by atoms with E-state index in [-0.39, 0.29) is 0 Å². The van der Waals surface area contributed by atoms with Gasteiger partial charge in [-0.05, 0) is 37.5 Å². The molecule has 22 heavy (non-hydrogen) atoms. The number of methoxy groups -OCH3 is 1. The molecule has 0 amide bonds. The molecule has 2 rings (SSSR count). The summed E-state index contributed by atoms with van der Waals surface area (Å²) in [5.74, 6) is -1.53. The molecule has 0 aliphatic rings. The molecule has 0 aromatic heterocycles. The average molecular weight is 308 g/mol. The zero-order valence-electron chi connectivity index (χ0n) is 14.3. The monoisotopic (exact) mass is 308 g/mol. The van der Waals surface area contributed by atoms with Gasteiger partial charge in [-0.1, -0.05) is 50.2 Å². The van der Waals surface area contributed by atoms with Gasteiger partial charge in [-0.25, -0.2) is 8.78 Å². The van der Waals surface area contributed by atoms with Crippen molar-refractivity contribution in [2.24, 2.45) is 0 Å². The second kappa shape index (κ2) is 10.9. The number of hydrogen-bond acceptors (Lipinski definition) is 1. The number of rotatable bonds is 2. The van der Waals surface area contributed by atoms with E-state index in [4.69, 9.17) is 0 Å². The number of ether oxygens (including phenoxy) is 1. The lowest BCUT2D eigenvalue weighted by Crippen LogP contribution is -1.94. The Bertz CT molecular complexity index is 563. The zero-order valence-corrected chi connectivity index (χ0v) is 14.3. The van der Waals surface area contributed by atoms with Gasteiger partial charge < -0.3 is 4.74 Å². The summed E-state index contributed by atoms with van der Waals surface area (Å²) in [6, 6.07) is 10.6. The molecular weight excluding hydrogens is 282 g/mol. The van der Waals surface area contributed by atoms with Gasteiger partial charge in [0.05, 0.1) is 0 Å². The number of benzene rings is 2. The number of hydrogen-bond donors (Lipinski definition) is 0. The standard InChI is InChI=1S/C14H12F2.C3H8O.C2H6/c1-9-5-3-4-6-11(9)12-8-7-10(2)13(15)14(12)16;1-3-4-2;1-2/h3-8H,1-2H3;3H2,1-2H3;1-2H3. The van der Waals surface area contributed by atoms with E-state index in [0.29, 0.717) is 11.1 Å². The summed E-state index contributed by atoms with van der Waals surface area (Å²) in [6.45, 7) is 10.2. The highest BCUT2D eigenvalue weighted by Gasteiger charge is 2.13. The summed E-state index contributed by atoms with van der Waals surface area (Å²) >= 11 is 0. The molecule has 3 heteroatoms. The minimum absolute atomic E-state index is 0.321. The number of halogens is 2. The van der Waals surface area contributed by atoms with Gasteiger partial charge >= 0.3 is 0 Å². The molecule has 0 unspecified atom stereocenters. The van der Waals surface area contributed by atoms with Crippen LogP contribution in [0.2, 0.25) is 0 Å². The Labute approximate surface area is 132 Å². The summed E-state index contributed by atoms with van der Waals surface area (Å²) in [4.78, 5) is 0. The average Bonchev–Trinajstić information content (AvgIpc) is 2.56. The molecule has 0 radical (unpaired) electrons. The van der Waals surface area contributed by atoms with Crippen LogP contribution in [0.15, 0.2) is 36.4 Å². The van der Waals surface area contributed by atoms with Gasteiger partial charge in [0.1, 0.15) is 0 Å². The molecule has 0 saturated heterocycles. The van der Waals surface area contributed by atoms with Gasteiger partial charge in [0.15, 0.2) is 11.6 Å². The highest BCUT2D eigenvalue weighted by atomic mass is 19.2. The molecule has 0 bridgehead atoms. The van der Waals surface area contributed by atoms with Crippen molar-refractivity contribution in [2.45, 2.75) is 34.6 Å². The second-order valence-corrected chi connectivity index (χ2v) is 4.45. The molecule has 0 heterocycles. The first kappa shape index (κ1) is 20.3. The molecule has 0 saturated carbocycles. The van der Waals surface area contributed by atoms with E-state index in [1.807, 2.05) is 45.9 Å². The lowest BCUT2D eigenvalue weighted by molar-refractivity contribution is 0.215. The predicted molar refractivity (Wildman–Crippen MR) is 90.2 cm³/mol. The Morgan fingerprint density at radius 2 is 1.36 bits per heavy atom. The van der Waals surface area contributed by atoms with E-state index in [1.54, 1.807) is 32.2 Å². The molecule has 2 aromatic rings. The van der Waals surface area contributed by atoms with Crippen LogP contribution in [0.25, 0.3) is 11.1 Å². The zero-order chi connectivity index (χ0) is 17.1. The van der Waals surface area contributed by atoms with Gasteiger partial charge in [-0.15, -0.1) is 0 Å². The van der Waals surface area contributed by atoms with E-state index < -0.39 is 11.6 Å². The molecule has 0 aliphatic carbocycles. The minimum atomic E-state index is -0.769. The number of aryl methyl sites for hydroxylation is 2. The van der Waals surface area contributed by atoms with Crippen molar-refractivity contribution in [3.05, 3.63) is 59.2 Å². The topological polar surface area (TPSA) is 9.23 Å². The van der Waals surface area contributed by atoms with Crippen LogP contribution in [-0.2, 0) is 4.74 Å². The van der Waals surface area contributed by atoms with Crippen molar-refractivity contribution in [2.75, 3.05) is 13.7 Å². The molecule has 2 aromatic carbocycles. The van der Waals surface area contributed by atoms with E-state index in [2.05, 4.69) is 4.74 Å². The molecule has 122 valence electrons. The fourth-order valence-electron chi connectivity index (χ4n) is 1.73. The summed E-state index contributed by atoms with van der Waals surface area (Å²) in [6.07, 6.45) is 0. The van der Waals surface area contributed by atoms with Gasteiger partial charge in [0, 0.05) is 19.3 Å². The van der Waals surface area contributed by atoms with Gasteiger partial charge in [-0.3, -0.25) is 0 Å². The first-order valence-electron chi connectivity index (χ1n) is 7.52. The molecule has 0 atom stereocenters. The lowest BCUT2D eigenvalue weighted by atomic mass is 9.99. The fraction of sp³-hybridized carbons (Fsp3) is 0.368. The first-order chi connectivity index (χ1) is 10.5. The summed E-state index contributed by atoms with van der Waals surface area (Å²) < 4.78 is 31.7. The normalized spacial score (nSPS) is 9.27. The van der Waals surface area contributed by atoms with Crippen molar-refractivity contribution in [1.29, 1.82) is 0 Å². The Balaban J connectivity index is 0.000000640. The Kier molecular flexibility index (Phi) is 10.0. The van der Waals surface area contributed by atoms with Crippen LogP contribution in [0.5, 0.6) is 0 Å². The fourth-order valence-corrected chi connectivity index (χ4v) is 1.73. The highest BCUT2D eigenvalue weighted by Crippen LogP contribution is 2.28. The smallest absolute Gasteiger partial charge is 0.166 e. The molecule has 1 nitrogen and oxygen atoms in total. The third kappa shape index (κ3) is 5.57. The lowest BCUT2D eigenvalue weighted by Gasteiger charge is -2.08. The van der Waals surface area contributed by atoms with E-state index >= 15 is 0 Å². The summed E-state index contributed by atoms with van der Waals surface area (Å²) in [5, 5.41) is 0. The maximum atomic E-state index is 13.8. The van der Waals surface area contributed by atoms with Crippen molar-refractivity contribution in [1.82, 2.24) is 0 Å². The van der Waals surface area contributed by atoms with Gasteiger partial charge in [0.25, 0.3) is 0 Å².